The van der Waals surface area contributed by atoms with Gasteiger partial charge in [0.1, 0.15) is 5.56 Å². The van der Waals surface area contributed by atoms with Crippen LogP contribution >= 0.6 is 15.9 Å². The zero-order chi connectivity index (χ0) is 21.7. The molecule has 0 unspecified atom stereocenters. The van der Waals surface area contributed by atoms with Crippen LogP contribution in [-0.4, -0.2) is 22.9 Å². The molecule has 0 saturated heterocycles. The number of pyridine rings is 1. The van der Waals surface area contributed by atoms with Gasteiger partial charge in [0.25, 0.3) is 17.4 Å². The van der Waals surface area contributed by atoms with Crippen molar-refractivity contribution in [3.8, 4) is 5.69 Å². The molecule has 0 aliphatic rings. The van der Waals surface area contributed by atoms with Crippen molar-refractivity contribution in [3.05, 3.63) is 92.8 Å². The fourth-order valence-electron chi connectivity index (χ4n) is 2.77. The van der Waals surface area contributed by atoms with Gasteiger partial charge in [-0.1, -0.05) is 29.8 Å². The van der Waals surface area contributed by atoms with Gasteiger partial charge in [0.2, 0.25) is 0 Å². The van der Waals surface area contributed by atoms with Gasteiger partial charge in [-0.05, 0) is 66.6 Å². The van der Waals surface area contributed by atoms with E-state index in [-0.39, 0.29) is 17.4 Å². The first-order valence-electron chi connectivity index (χ1n) is 9.52. The third kappa shape index (κ3) is 5.24. The largest absolute Gasteiger partial charge is 0.352 e. The van der Waals surface area contributed by atoms with Crippen molar-refractivity contribution < 1.29 is 9.59 Å². The lowest BCUT2D eigenvalue weighted by atomic mass is 10.2. The van der Waals surface area contributed by atoms with E-state index >= 15 is 0 Å². The molecule has 3 aromatic rings. The molecule has 7 heteroatoms. The SMILES string of the molecule is CC(C)CNC(=O)c1cccn(-c2ccc(NC(=O)c3ccc(Br)cc3)cc2)c1=O. The van der Waals surface area contributed by atoms with Gasteiger partial charge >= 0.3 is 0 Å². The zero-order valence-corrected chi connectivity index (χ0v) is 18.3. The summed E-state index contributed by atoms with van der Waals surface area (Å²) in [6, 6.07) is 17.1. The summed E-state index contributed by atoms with van der Waals surface area (Å²) < 4.78 is 2.30. The second-order valence-corrected chi connectivity index (χ2v) is 8.12. The number of halogens is 1. The van der Waals surface area contributed by atoms with E-state index in [4.69, 9.17) is 0 Å². The average molecular weight is 468 g/mol. The Morgan fingerprint density at radius 3 is 2.27 bits per heavy atom. The number of aromatic nitrogens is 1. The highest BCUT2D eigenvalue weighted by atomic mass is 79.9. The maximum atomic E-state index is 12.8. The third-order valence-electron chi connectivity index (χ3n) is 4.37. The molecular formula is C23H22BrN3O3. The molecule has 0 saturated carbocycles. The highest BCUT2D eigenvalue weighted by Crippen LogP contribution is 2.15. The number of nitrogens with one attached hydrogen (secondary N) is 2. The van der Waals surface area contributed by atoms with Gasteiger partial charge < -0.3 is 10.6 Å². The Balaban J connectivity index is 1.77. The second-order valence-electron chi connectivity index (χ2n) is 7.21. The van der Waals surface area contributed by atoms with E-state index < -0.39 is 5.56 Å². The van der Waals surface area contributed by atoms with Crippen molar-refractivity contribution in [2.24, 2.45) is 5.92 Å². The first-order valence-corrected chi connectivity index (χ1v) is 10.3. The van der Waals surface area contributed by atoms with Gasteiger partial charge in [0.05, 0.1) is 0 Å². The number of carbonyl (C=O) groups excluding carboxylic acids is 2. The van der Waals surface area contributed by atoms with Crippen LogP contribution in [0.3, 0.4) is 0 Å². The lowest BCUT2D eigenvalue weighted by Crippen LogP contribution is -2.34. The van der Waals surface area contributed by atoms with E-state index in [1.165, 1.54) is 10.6 Å². The number of hydrogen-bond acceptors (Lipinski definition) is 3. The summed E-state index contributed by atoms with van der Waals surface area (Å²) in [5, 5.41) is 5.59. The molecule has 1 aromatic heterocycles. The molecule has 0 spiro atoms. The van der Waals surface area contributed by atoms with E-state index in [1.54, 1.807) is 60.8 Å². The minimum Gasteiger partial charge on any atom is -0.352 e. The summed E-state index contributed by atoms with van der Waals surface area (Å²) in [6.07, 6.45) is 1.61. The molecular weight excluding hydrogens is 446 g/mol. The Hall–Kier alpha value is -3.19. The van der Waals surface area contributed by atoms with Gasteiger partial charge in [-0.2, -0.15) is 0 Å². The second kappa shape index (κ2) is 9.54. The van der Waals surface area contributed by atoms with Crippen LogP contribution in [0.5, 0.6) is 0 Å². The molecule has 0 aliphatic carbocycles. The fraction of sp³-hybridized carbons (Fsp3) is 0.174. The standard InChI is InChI=1S/C23H22BrN3O3/c1-15(2)14-25-22(29)20-4-3-13-27(23(20)30)19-11-9-18(10-12-19)26-21(28)16-5-7-17(24)8-6-16/h3-13,15H,14H2,1-2H3,(H,25,29)(H,26,28). The van der Waals surface area contributed by atoms with Crippen LogP contribution in [0.4, 0.5) is 5.69 Å². The molecule has 2 amide bonds. The molecule has 2 aromatic carbocycles. The Labute approximate surface area is 183 Å². The van der Waals surface area contributed by atoms with Crippen molar-refractivity contribution in [2.45, 2.75) is 13.8 Å². The fourth-order valence-corrected chi connectivity index (χ4v) is 3.04. The number of hydrogen-bond donors (Lipinski definition) is 2. The molecule has 0 fully saturated rings. The highest BCUT2D eigenvalue weighted by molar-refractivity contribution is 9.10. The van der Waals surface area contributed by atoms with Crippen molar-refractivity contribution in [3.63, 3.8) is 0 Å². The molecule has 2 N–H and O–H groups in total. The average Bonchev–Trinajstić information content (AvgIpc) is 2.73. The van der Waals surface area contributed by atoms with Crippen LogP contribution in [0, 0.1) is 5.92 Å². The Morgan fingerprint density at radius 1 is 0.967 bits per heavy atom. The monoisotopic (exact) mass is 467 g/mol. The maximum absolute atomic E-state index is 12.8. The maximum Gasteiger partial charge on any atom is 0.267 e. The van der Waals surface area contributed by atoms with Gasteiger partial charge in [0, 0.05) is 34.2 Å². The number of benzene rings is 2. The number of nitrogens with zero attached hydrogens (tertiary/aromatic N) is 1. The van der Waals surface area contributed by atoms with E-state index in [0.29, 0.717) is 29.4 Å². The summed E-state index contributed by atoms with van der Waals surface area (Å²) >= 11 is 3.34. The molecule has 154 valence electrons. The molecule has 30 heavy (non-hydrogen) atoms. The predicted molar refractivity (Wildman–Crippen MR) is 121 cm³/mol. The molecule has 0 radical (unpaired) electrons. The van der Waals surface area contributed by atoms with E-state index in [9.17, 15) is 14.4 Å². The summed E-state index contributed by atoms with van der Waals surface area (Å²) in [5.74, 6) is -0.322. The van der Waals surface area contributed by atoms with Crippen molar-refractivity contribution in [1.82, 2.24) is 9.88 Å². The van der Waals surface area contributed by atoms with Gasteiger partial charge in [-0.25, -0.2) is 0 Å². The molecule has 1 heterocycles. The Kier molecular flexibility index (Phi) is 6.84. The number of anilines is 1. The van der Waals surface area contributed by atoms with Crippen LogP contribution < -0.4 is 16.2 Å². The smallest absolute Gasteiger partial charge is 0.267 e. The van der Waals surface area contributed by atoms with Gasteiger partial charge in [-0.15, -0.1) is 0 Å². The number of carbonyl (C=O) groups is 2. The molecule has 0 aliphatic heterocycles. The predicted octanol–water partition coefficient (Wildman–Crippen LogP) is 4.24. The van der Waals surface area contributed by atoms with Crippen LogP contribution in [0.2, 0.25) is 0 Å². The molecule has 6 nitrogen and oxygen atoms in total. The van der Waals surface area contributed by atoms with E-state index in [0.717, 1.165) is 4.47 Å². The molecule has 0 atom stereocenters. The highest BCUT2D eigenvalue weighted by Gasteiger charge is 2.13. The summed E-state index contributed by atoms with van der Waals surface area (Å²) in [6.45, 7) is 4.47. The minimum atomic E-state index is -0.398. The molecule has 3 rings (SSSR count). The van der Waals surface area contributed by atoms with Crippen molar-refractivity contribution >= 4 is 33.4 Å². The van der Waals surface area contributed by atoms with Crippen LogP contribution in [0.25, 0.3) is 5.69 Å². The zero-order valence-electron chi connectivity index (χ0n) is 16.7. The van der Waals surface area contributed by atoms with Gasteiger partial charge in [-0.3, -0.25) is 19.0 Å². The van der Waals surface area contributed by atoms with Crippen molar-refractivity contribution in [2.75, 3.05) is 11.9 Å². The topological polar surface area (TPSA) is 80.2 Å². The van der Waals surface area contributed by atoms with E-state index in [1.807, 2.05) is 13.8 Å². The normalized spacial score (nSPS) is 10.7. The lowest BCUT2D eigenvalue weighted by Gasteiger charge is -2.11. The third-order valence-corrected chi connectivity index (χ3v) is 4.90. The number of amides is 2. The van der Waals surface area contributed by atoms with Crippen LogP contribution in [0.15, 0.2) is 76.1 Å². The minimum absolute atomic E-state index is 0.0887. The van der Waals surface area contributed by atoms with E-state index in [2.05, 4.69) is 26.6 Å². The summed E-state index contributed by atoms with van der Waals surface area (Å²) in [5.41, 5.74) is 1.43. The first kappa shape index (κ1) is 21.5. The van der Waals surface area contributed by atoms with Gasteiger partial charge in [0.15, 0.2) is 0 Å². The number of rotatable bonds is 6. The molecule has 0 bridgehead atoms. The summed E-state index contributed by atoms with van der Waals surface area (Å²) in [4.78, 5) is 37.4. The van der Waals surface area contributed by atoms with Crippen molar-refractivity contribution in [1.29, 1.82) is 0 Å². The Morgan fingerprint density at radius 2 is 1.63 bits per heavy atom. The van der Waals surface area contributed by atoms with Crippen LogP contribution in [-0.2, 0) is 0 Å². The lowest BCUT2D eigenvalue weighted by molar-refractivity contribution is 0.0946. The quantitative estimate of drug-likeness (QED) is 0.568. The Bertz CT molecular complexity index is 1100. The van der Waals surface area contributed by atoms with Crippen LogP contribution in [0.1, 0.15) is 34.6 Å². The summed E-state index contributed by atoms with van der Waals surface area (Å²) in [7, 11) is 0. The first-order chi connectivity index (χ1) is 14.3.